The largest absolute Gasteiger partial charge is 0.493 e. The molecule has 4 aromatic carbocycles. The minimum absolute atomic E-state index is 0.135. The van der Waals surface area contributed by atoms with Gasteiger partial charge in [-0.25, -0.2) is 4.99 Å². The van der Waals surface area contributed by atoms with Gasteiger partial charge in [-0.15, -0.1) is 0 Å². The predicted octanol–water partition coefficient (Wildman–Crippen LogP) is 9.84. The molecule has 8 heteroatoms. The molecule has 5 rings (SSSR count). The standard InChI is InChI=1S/C34H30Br2N2O3S/c1-20-11-9-15-26(22(20)3)37-34-38(27-16-10-12-21(2)23(27)4)33(39)29(42-34)18-25-17-28(40-5)32(31(36)30(25)35)41-19-24-13-7-6-8-14-24/h6-18H,19H2,1-5H3. The normalized spacial score (nSPS) is 15.1. The lowest BCUT2D eigenvalue weighted by molar-refractivity contribution is -0.113. The number of halogens is 2. The molecule has 0 saturated carbocycles. The van der Waals surface area contributed by atoms with Crippen molar-refractivity contribution in [2.24, 2.45) is 4.99 Å². The van der Waals surface area contributed by atoms with E-state index in [2.05, 4.69) is 51.8 Å². The van der Waals surface area contributed by atoms with Crippen LogP contribution < -0.4 is 14.4 Å². The Bertz CT molecular complexity index is 1730. The zero-order valence-corrected chi connectivity index (χ0v) is 28.0. The van der Waals surface area contributed by atoms with Gasteiger partial charge in [-0.3, -0.25) is 9.69 Å². The van der Waals surface area contributed by atoms with Gasteiger partial charge in [0.2, 0.25) is 0 Å². The number of rotatable bonds is 7. The number of amides is 1. The molecule has 1 aliphatic heterocycles. The summed E-state index contributed by atoms with van der Waals surface area (Å²) in [6.45, 7) is 8.59. The second-order valence-corrected chi connectivity index (χ2v) is 12.6. The molecule has 1 fully saturated rings. The Morgan fingerprint density at radius 1 is 0.881 bits per heavy atom. The Kier molecular flexibility index (Phi) is 9.25. The van der Waals surface area contributed by atoms with Gasteiger partial charge in [0.15, 0.2) is 16.7 Å². The molecule has 0 N–H and O–H groups in total. The summed E-state index contributed by atoms with van der Waals surface area (Å²) in [5.41, 5.74) is 7.85. The third kappa shape index (κ3) is 6.07. The molecule has 1 heterocycles. The first-order valence-corrected chi connectivity index (χ1v) is 15.8. The molecule has 1 aliphatic rings. The van der Waals surface area contributed by atoms with Crippen molar-refractivity contribution in [1.82, 2.24) is 0 Å². The summed E-state index contributed by atoms with van der Waals surface area (Å²) < 4.78 is 13.3. The minimum Gasteiger partial charge on any atom is -0.493 e. The number of benzene rings is 4. The predicted molar refractivity (Wildman–Crippen MR) is 181 cm³/mol. The third-order valence-corrected chi connectivity index (χ3v) is 10.4. The van der Waals surface area contributed by atoms with Crippen LogP contribution in [-0.4, -0.2) is 18.2 Å². The fraction of sp³-hybridized carbons (Fsp3) is 0.176. The van der Waals surface area contributed by atoms with Crippen molar-refractivity contribution in [2.45, 2.75) is 34.3 Å². The van der Waals surface area contributed by atoms with Gasteiger partial charge in [-0.05, 0) is 129 Å². The van der Waals surface area contributed by atoms with E-state index in [4.69, 9.17) is 14.5 Å². The number of nitrogens with zero attached hydrogens (tertiary/aromatic N) is 2. The molecular weight excluding hydrogens is 676 g/mol. The number of thioether (sulfide) groups is 1. The van der Waals surface area contributed by atoms with Gasteiger partial charge in [-0.1, -0.05) is 54.6 Å². The van der Waals surface area contributed by atoms with Crippen molar-refractivity contribution in [1.29, 1.82) is 0 Å². The van der Waals surface area contributed by atoms with E-state index in [9.17, 15) is 4.79 Å². The van der Waals surface area contributed by atoms with E-state index in [1.54, 1.807) is 12.0 Å². The van der Waals surface area contributed by atoms with E-state index < -0.39 is 0 Å². The van der Waals surface area contributed by atoms with E-state index in [1.807, 2.05) is 86.7 Å². The highest BCUT2D eigenvalue weighted by Crippen LogP contribution is 2.46. The first-order chi connectivity index (χ1) is 20.2. The summed E-state index contributed by atoms with van der Waals surface area (Å²) in [6.07, 6.45) is 1.87. The highest BCUT2D eigenvalue weighted by molar-refractivity contribution is 9.13. The van der Waals surface area contributed by atoms with E-state index in [0.717, 1.165) is 49.2 Å². The van der Waals surface area contributed by atoms with Gasteiger partial charge < -0.3 is 9.47 Å². The van der Waals surface area contributed by atoms with Crippen molar-refractivity contribution in [3.05, 3.63) is 120 Å². The summed E-state index contributed by atoms with van der Waals surface area (Å²) in [5, 5.41) is 0.610. The van der Waals surface area contributed by atoms with E-state index in [-0.39, 0.29) is 5.91 Å². The highest BCUT2D eigenvalue weighted by Gasteiger charge is 2.36. The van der Waals surface area contributed by atoms with Crippen LogP contribution in [0.25, 0.3) is 6.08 Å². The van der Waals surface area contributed by atoms with Gasteiger partial charge in [0.05, 0.1) is 27.9 Å². The second kappa shape index (κ2) is 12.9. The lowest BCUT2D eigenvalue weighted by Gasteiger charge is -2.19. The van der Waals surface area contributed by atoms with Crippen molar-refractivity contribution >= 4 is 72.1 Å². The number of anilines is 1. The number of ether oxygens (including phenoxy) is 2. The lowest BCUT2D eigenvalue weighted by Crippen LogP contribution is -2.29. The summed E-state index contributed by atoms with van der Waals surface area (Å²) in [4.78, 5) is 21.4. The van der Waals surface area contributed by atoms with Crippen LogP contribution in [-0.2, 0) is 11.4 Å². The maximum Gasteiger partial charge on any atom is 0.271 e. The van der Waals surface area contributed by atoms with Crippen LogP contribution in [0.4, 0.5) is 11.4 Å². The molecular formula is C34H30Br2N2O3S. The first-order valence-electron chi connectivity index (χ1n) is 13.4. The summed E-state index contributed by atoms with van der Waals surface area (Å²) in [5.74, 6) is 0.998. The average Bonchev–Trinajstić information content (AvgIpc) is 3.28. The van der Waals surface area contributed by atoms with Crippen molar-refractivity contribution in [2.75, 3.05) is 12.0 Å². The number of methoxy groups -OCH3 is 1. The molecule has 214 valence electrons. The van der Waals surface area contributed by atoms with Crippen LogP contribution in [0.2, 0.25) is 0 Å². The van der Waals surface area contributed by atoms with Gasteiger partial charge in [-0.2, -0.15) is 0 Å². The highest BCUT2D eigenvalue weighted by atomic mass is 79.9. The molecule has 0 radical (unpaired) electrons. The second-order valence-electron chi connectivity index (χ2n) is 9.98. The van der Waals surface area contributed by atoms with Crippen LogP contribution in [0.1, 0.15) is 33.4 Å². The van der Waals surface area contributed by atoms with Crippen LogP contribution in [0.5, 0.6) is 11.5 Å². The zero-order valence-electron chi connectivity index (χ0n) is 24.0. The molecule has 1 saturated heterocycles. The van der Waals surface area contributed by atoms with Gasteiger partial charge >= 0.3 is 0 Å². The third-order valence-electron chi connectivity index (χ3n) is 7.30. The lowest BCUT2D eigenvalue weighted by atomic mass is 10.1. The van der Waals surface area contributed by atoms with E-state index in [0.29, 0.717) is 32.7 Å². The number of hydrogen-bond acceptors (Lipinski definition) is 5. The average molecular weight is 707 g/mol. The molecule has 42 heavy (non-hydrogen) atoms. The summed E-state index contributed by atoms with van der Waals surface area (Å²) >= 11 is 8.77. The van der Waals surface area contributed by atoms with Gasteiger partial charge in [0, 0.05) is 4.47 Å². The number of carbonyl (C=O) groups excluding carboxylic acids is 1. The molecule has 1 amide bonds. The number of amidine groups is 1. The molecule has 0 aliphatic carbocycles. The Balaban J connectivity index is 1.57. The molecule has 0 unspecified atom stereocenters. The van der Waals surface area contributed by atoms with Crippen molar-refractivity contribution in [3.8, 4) is 11.5 Å². The molecule has 0 bridgehead atoms. The number of aliphatic imine (C=N–C) groups is 1. The number of carbonyl (C=O) groups is 1. The van der Waals surface area contributed by atoms with E-state index in [1.165, 1.54) is 11.8 Å². The quantitative estimate of drug-likeness (QED) is 0.180. The summed E-state index contributed by atoms with van der Waals surface area (Å²) in [6, 6.07) is 23.9. The number of aryl methyl sites for hydroxylation is 2. The molecule has 4 aromatic rings. The first kappa shape index (κ1) is 30.1. The Morgan fingerprint density at radius 3 is 2.29 bits per heavy atom. The monoisotopic (exact) mass is 704 g/mol. The fourth-order valence-corrected chi connectivity index (χ4v) is 6.49. The Morgan fingerprint density at radius 2 is 1.57 bits per heavy atom. The smallest absolute Gasteiger partial charge is 0.271 e. The molecule has 0 spiro atoms. The zero-order chi connectivity index (χ0) is 30.0. The SMILES string of the molecule is COc1cc(C=C2SC(=Nc3cccc(C)c3C)N(c3cccc(C)c3C)C2=O)c(Br)c(Br)c1OCc1ccccc1. The Hall–Kier alpha value is -3.33. The summed E-state index contributed by atoms with van der Waals surface area (Å²) in [7, 11) is 1.61. The van der Waals surface area contributed by atoms with Crippen LogP contribution in [0.3, 0.4) is 0 Å². The molecule has 5 nitrogen and oxygen atoms in total. The topological polar surface area (TPSA) is 51.1 Å². The van der Waals surface area contributed by atoms with Gasteiger partial charge in [0.1, 0.15) is 6.61 Å². The molecule has 0 aromatic heterocycles. The maximum absolute atomic E-state index is 14.1. The Labute approximate surface area is 267 Å². The fourth-order valence-electron chi connectivity index (χ4n) is 4.57. The van der Waals surface area contributed by atoms with Crippen molar-refractivity contribution in [3.63, 3.8) is 0 Å². The van der Waals surface area contributed by atoms with Crippen LogP contribution in [0.15, 0.2) is 91.6 Å². The molecule has 0 atom stereocenters. The number of hydrogen-bond donors (Lipinski definition) is 0. The van der Waals surface area contributed by atoms with Crippen LogP contribution in [0, 0.1) is 27.7 Å². The van der Waals surface area contributed by atoms with Crippen LogP contribution >= 0.6 is 43.6 Å². The van der Waals surface area contributed by atoms with E-state index >= 15 is 0 Å². The minimum atomic E-state index is -0.135. The van der Waals surface area contributed by atoms with Gasteiger partial charge in [0.25, 0.3) is 5.91 Å². The maximum atomic E-state index is 14.1. The van der Waals surface area contributed by atoms with Crippen molar-refractivity contribution < 1.29 is 14.3 Å².